The monoisotopic (exact) mass is 180 g/mol. The number of nitrogens with one attached hydrogen (secondary N) is 2. The largest absolute Gasteiger partial charge is 0.381 e. The van der Waals surface area contributed by atoms with Crippen LogP contribution in [0.5, 0.6) is 0 Å². The topological polar surface area (TPSA) is 44.3 Å². The minimum atomic E-state index is -2.57. The van der Waals surface area contributed by atoms with Crippen LogP contribution in [0.15, 0.2) is 0 Å². The van der Waals surface area contributed by atoms with Gasteiger partial charge in [0.2, 0.25) is 0 Å². The number of aliphatic hydroxyl groups excluding tert-OH is 1. The Morgan fingerprint density at radius 2 is 2.33 bits per heavy atom. The van der Waals surface area contributed by atoms with Crippen molar-refractivity contribution in [3.63, 3.8) is 0 Å². The first-order valence-corrected chi connectivity index (χ1v) is 4.09. The normalized spacial score (nSPS) is 27.8. The third-order valence-electron chi connectivity index (χ3n) is 2.08. The van der Waals surface area contributed by atoms with E-state index in [4.69, 9.17) is 5.11 Å². The molecule has 1 rings (SSSR count). The predicted molar refractivity (Wildman–Crippen MR) is 41.1 cm³/mol. The lowest BCUT2D eigenvalue weighted by Gasteiger charge is -2.18. The highest BCUT2D eigenvalue weighted by Crippen LogP contribution is 2.28. The molecule has 1 heterocycles. The van der Waals surface area contributed by atoms with Gasteiger partial charge in [0.15, 0.2) is 0 Å². The van der Waals surface area contributed by atoms with Gasteiger partial charge in [-0.3, -0.25) is 5.32 Å². The maximum Gasteiger partial charge on any atom is 0.264 e. The van der Waals surface area contributed by atoms with Gasteiger partial charge in [-0.2, -0.15) is 0 Å². The van der Waals surface area contributed by atoms with E-state index < -0.39 is 12.0 Å². The van der Waals surface area contributed by atoms with Gasteiger partial charge in [0, 0.05) is 13.0 Å². The van der Waals surface area contributed by atoms with Crippen molar-refractivity contribution >= 4 is 0 Å². The first kappa shape index (κ1) is 9.83. The molecular formula is C7H14F2N2O. The van der Waals surface area contributed by atoms with Gasteiger partial charge in [-0.25, -0.2) is 8.78 Å². The number of halogens is 2. The number of rotatable bonds is 4. The van der Waals surface area contributed by atoms with Crippen LogP contribution in [0.4, 0.5) is 8.78 Å². The van der Waals surface area contributed by atoms with Gasteiger partial charge in [-0.1, -0.05) is 0 Å². The molecule has 1 unspecified atom stereocenters. The van der Waals surface area contributed by atoms with Gasteiger partial charge in [0.25, 0.3) is 5.92 Å². The Balaban J connectivity index is 2.22. The molecule has 1 aliphatic heterocycles. The highest BCUT2D eigenvalue weighted by Gasteiger charge is 2.42. The minimum Gasteiger partial charge on any atom is -0.381 e. The average molecular weight is 180 g/mol. The fourth-order valence-electron chi connectivity index (χ4n) is 1.38. The summed E-state index contributed by atoms with van der Waals surface area (Å²) >= 11 is 0. The van der Waals surface area contributed by atoms with Crippen molar-refractivity contribution in [1.29, 1.82) is 0 Å². The standard InChI is InChI=1S/C7H14F2N2O/c8-7(9)2-4-11-6(7)1-3-10-5-12/h6,10-12H,1-5H2. The molecule has 1 atom stereocenters. The second kappa shape index (κ2) is 4.11. The van der Waals surface area contributed by atoms with Crippen LogP contribution >= 0.6 is 0 Å². The lowest BCUT2D eigenvalue weighted by atomic mass is 10.1. The first-order valence-electron chi connectivity index (χ1n) is 4.09. The summed E-state index contributed by atoms with van der Waals surface area (Å²) in [7, 11) is 0. The van der Waals surface area contributed by atoms with E-state index in [0.717, 1.165) is 0 Å². The summed E-state index contributed by atoms with van der Waals surface area (Å²) in [5.41, 5.74) is 0. The quantitative estimate of drug-likeness (QED) is 0.418. The molecule has 0 aromatic rings. The van der Waals surface area contributed by atoms with Gasteiger partial charge in [-0.05, 0) is 13.0 Å². The number of hydrogen-bond donors (Lipinski definition) is 3. The predicted octanol–water partition coefficient (Wildman–Crippen LogP) is -0.0869. The molecule has 0 aliphatic carbocycles. The Morgan fingerprint density at radius 1 is 1.58 bits per heavy atom. The van der Waals surface area contributed by atoms with Crippen molar-refractivity contribution in [2.45, 2.75) is 24.8 Å². The minimum absolute atomic E-state index is 0.0726. The Morgan fingerprint density at radius 3 is 2.83 bits per heavy atom. The van der Waals surface area contributed by atoms with Gasteiger partial charge in [-0.15, -0.1) is 0 Å². The molecule has 1 aliphatic rings. The smallest absolute Gasteiger partial charge is 0.264 e. The van der Waals surface area contributed by atoms with E-state index >= 15 is 0 Å². The van der Waals surface area contributed by atoms with E-state index in [2.05, 4.69) is 10.6 Å². The summed E-state index contributed by atoms with van der Waals surface area (Å²) in [6, 6.07) is -0.725. The maximum absolute atomic E-state index is 12.9. The van der Waals surface area contributed by atoms with E-state index in [9.17, 15) is 8.78 Å². The van der Waals surface area contributed by atoms with Crippen LogP contribution in [0.3, 0.4) is 0 Å². The van der Waals surface area contributed by atoms with Crippen molar-refractivity contribution in [2.75, 3.05) is 19.8 Å². The number of alkyl halides is 2. The average Bonchev–Trinajstić information content (AvgIpc) is 2.32. The fraction of sp³-hybridized carbons (Fsp3) is 1.00. The van der Waals surface area contributed by atoms with Crippen LogP contribution in [0, 0.1) is 0 Å². The summed E-state index contributed by atoms with van der Waals surface area (Å²) in [6.45, 7) is 0.652. The molecule has 3 nitrogen and oxygen atoms in total. The lowest BCUT2D eigenvalue weighted by Crippen LogP contribution is -2.38. The van der Waals surface area contributed by atoms with Crippen molar-refractivity contribution in [3.8, 4) is 0 Å². The second-order valence-corrected chi connectivity index (χ2v) is 2.96. The Hall–Kier alpha value is -0.260. The molecule has 0 radical (unpaired) electrons. The van der Waals surface area contributed by atoms with Crippen LogP contribution < -0.4 is 10.6 Å². The zero-order valence-electron chi connectivity index (χ0n) is 6.82. The van der Waals surface area contributed by atoms with Crippen LogP contribution in [-0.4, -0.2) is 36.9 Å². The summed E-state index contributed by atoms with van der Waals surface area (Å²) in [5.74, 6) is -2.57. The van der Waals surface area contributed by atoms with Crippen molar-refractivity contribution in [1.82, 2.24) is 10.6 Å². The Bertz CT molecular complexity index is 143. The molecule has 12 heavy (non-hydrogen) atoms. The molecule has 72 valence electrons. The van der Waals surface area contributed by atoms with Gasteiger partial charge >= 0.3 is 0 Å². The Kier molecular flexibility index (Phi) is 3.37. The summed E-state index contributed by atoms with van der Waals surface area (Å²) in [5, 5.41) is 13.7. The summed E-state index contributed by atoms with van der Waals surface area (Å²) < 4.78 is 25.8. The zero-order valence-corrected chi connectivity index (χ0v) is 6.82. The molecule has 0 amide bonds. The maximum atomic E-state index is 12.9. The van der Waals surface area contributed by atoms with E-state index in [1.165, 1.54) is 0 Å². The molecule has 0 aromatic carbocycles. The van der Waals surface area contributed by atoms with Crippen LogP contribution in [0.2, 0.25) is 0 Å². The fourth-order valence-corrected chi connectivity index (χ4v) is 1.38. The molecule has 0 saturated carbocycles. The van der Waals surface area contributed by atoms with Crippen molar-refractivity contribution < 1.29 is 13.9 Å². The third kappa shape index (κ3) is 2.36. The van der Waals surface area contributed by atoms with Crippen LogP contribution in [-0.2, 0) is 0 Å². The highest BCUT2D eigenvalue weighted by molar-refractivity contribution is 4.90. The molecule has 1 saturated heterocycles. The van der Waals surface area contributed by atoms with E-state index in [1.54, 1.807) is 0 Å². The lowest BCUT2D eigenvalue weighted by molar-refractivity contribution is -0.0133. The van der Waals surface area contributed by atoms with Crippen molar-refractivity contribution in [3.05, 3.63) is 0 Å². The summed E-state index contributed by atoms with van der Waals surface area (Å²) in [6.07, 6.45) is 0.282. The van der Waals surface area contributed by atoms with E-state index in [0.29, 0.717) is 19.5 Å². The van der Waals surface area contributed by atoms with Gasteiger partial charge < -0.3 is 10.4 Å². The van der Waals surface area contributed by atoms with Crippen LogP contribution in [0.25, 0.3) is 0 Å². The zero-order chi connectivity index (χ0) is 9.03. The van der Waals surface area contributed by atoms with Gasteiger partial charge in [0.1, 0.15) is 0 Å². The third-order valence-corrected chi connectivity index (χ3v) is 2.08. The Labute approximate surface area is 70.1 Å². The molecule has 1 fully saturated rings. The first-order chi connectivity index (χ1) is 5.67. The molecule has 3 N–H and O–H groups in total. The van der Waals surface area contributed by atoms with E-state index in [1.807, 2.05) is 0 Å². The number of aliphatic hydroxyl groups is 1. The molecule has 0 bridgehead atoms. The van der Waals surface area contributed by atoms with E-state index in [-0.39, 0.29) is 13.2 Å². The highest BCUT2D eigenvalue weighted by atomic mass is 19.3. The molecule has 0 aromatic heterocycles. The van der Waals surface area contributed by atoms with Gasteiger partial charge in [0.05, 0.1) is 12.8 Å². The number of hydrogen-bond acceptors (Lipinski definition) is 3. The van der Waals surface area contributed by atoms with Crippen molar-refractivity contribution in [2.24, 2.45) is 0 Å². The molecular weight excluding hydrogens is 166 g/mol. The molecule has 5 heteroatoms. The molecule has 0 spiro atoms. The summed E-state index contributed by atoms with van der Waals surface area (Å²) in [4.78, 5) is 0. The van der Waals surface area contributed by atoms with Crippen LogP contribution in [0.1, 0.15) is 12.8 Å². The second-order valence-electron chi connectivity index (χ2n) is 2.96. The SMILES string of the molecule is OCNCCC1NCCC1(F)F.